The highest BCUT2D eigenvalue weighted by molar-refractivity contribution is 6.29. The van der Waals surface area contributed by atoms with E-state index in [1.807, 2.05) is 24.3 Å². The lowest BCUT2D eigenvalue weighted by atomic mass is 9.84. The molecule has 0 spiro atoms. The summed E-state index contributed by atoms with van der Waals surface area (Å²) in [6.07, 6.45) is 0. The van der Waals surface area contributed by atoms with Gasteiger partial charge in [-0.25, -0.2) is 0 Å². The van der Waals surface area contributed by atoms with Crippen LogP contribution in [0.1, 0.15) is 61.8 Å². The van der Waals surface area contributed by atoms with Gasteiger partial charge in [0.2, 0.25) is 0 Å². The highest BCUT2D eigenvalue weighted by atomic mass is 15.1. The Morgan fingerprint density at radius 3 is 1.08 bits per heavy atom. The van der Waals surface area contributed by atoms with E-state index in [4.69, 9.17) is 0 Å². The lowest BCUT2D eigenvalue weighted by Gasteiger charge is -2.31. The van der Waals surface area contributed by atoms with E-state index in [0.717, 1.165) is 44.9 Å². The van der Waals surface area contributed by atoms with Crippen molar-refractivity contribution in [1.29, 1.82) is 10.5 Å². The van der Waals surface area contributed by atoms with Crippen molar-refractivity contribution in [3.05, 3.63) is 192 Å². The smallest absolute Gasteiger partial charge is 0.0991 e. The zero-order chi connectivity index (χ0) is 41.1. The molecule has 4 heteroatoms. The number of fused-ring (bicyclic) bond motifs is 2. The van der Waals surface area contributed by atoms with E-state index in [0.29, 0.717) is 11.1 Å². The Bertz CT molecular complexity index is 3120. The molecule has 10 aromatic carbocycles. The molecule has 0 N–H and O–H groups in total. The van der Waals surface area contributed by atoms with E-state index in [1.54, 1.807) is 0 Å². The second kappa shape index (κ2) is 14.6. The lowest BCUT2D eigenvalue weighted by molar-refractivity contribution is 0.875. The van der Waals surface area contributed by atoms with Crippen LogP contribution in [0.25, 0.3) is 53.9 Å². The number of nitrogens with zero attached hydrogens (tertiary/aromatic N) is 4. The van der Waals surface area contributed by atoms with Crippen molar-refractivity contribution in [3.63, 3.8) is 0 Å². The molecule has 10 rings (SSSR count). The van der Waals surface area contributed by atoms with Gasteiger partial charge in [0, 0.05) is 33.5 Å². The highest BCUT2D eigenvalue weighted by Gasteiger charge is 2.26. The van der Waals surface area contributed by atoms with Crippen LogP contribution in [0.5, 0.6) is 0 Å². The molecule has 4 nitrogen and oxygen atoms in total. The van der Waals surface area contributed by atoms with Gasteiger partial charge >= 0.3 is 0 Å². The maximum absolute atomic E-state index is 9.77. The standard InChI is InChI=1S/C56H42N4/c1-35(2)51-31-53(59(43-19-13-37(33-57)14-20-43)45-23-17-39-9-5-7-11-41(39)29-45)49-28-26-48-52(36(3)4)32-54(50-27-25-47(51)55(49)56(48)50)60(44-21-15-38(34-58)16-22-44)46-24-18-40-10-6-8-12-42(40)30-46/h5-32,35-36H,1-4H3. The van der Waals surface area contributed by atoms with Gasteiger partial charge in [-0.1, -0.05) is 113 Å². The number of hydrogen-bond acceptors (Lipinski definition) is 4. The van der Waals surface area contributed by atoms with Crippen molar-refractivity contribution in [2.45, 2.75) is 39.5 Å². The Kier molecular flexibility index (Phi) is 8.93. The minimum Gasteiger partial charge on any atom is -0.310 e. The van der Waals surface area contributed by atoms with Crippen LogP contribution < -0.4 is 9.80 Å². The predicted octanol–water partition coefficient (Wildman–Crippen LogP) is 15.8. The molecule has 0 aliphatic rings. The average Bonchev–Trinajstić information content (AvgIpc) is 3.29. The first-order valence-electron chi connectivity index (χ1n) is 20.7. The molecule has 0 aromatic heterocycles. The third-order valence-electron chi connectivity index (χ3n) is 12.1. The molecule has 0 atom stereocenters. The molecule has 0 amide bonds. The van der Waals surface area contributed by atoms with Crippen LogP contribution in [-0.2, 0) is 0 Å². The second-order valence-corrected chi connectivity index (χ2v) is 16.4. The van der Waals surface area contributed by atoms with Gasteiger partial charge < -0.3 is 9.80 Å². The van der Waals surface area contributed by atoms with Crippen molar-refractivity contribution in [3.8, 4) is 12.1 Å². The van der Waals surface area contributed by atoms with E-state index in [-0.39, 0.29) is 11.8 Å². The highest BCUT2D eigenvalue weighted by Crippen LogP contribution is 2.51. The summed E-state index contributed by atoms with van der Waals surface area (Å²) in [4.78, 5) is 4.74. The van der Waals surface area contributed by atoms with Crippen LogP contribution in [0.4, 0.5) is 34.1 Å². The molecule has 0 unspecified atom stereocenters. The molecule has 0 radical (unpaired) electrons. The molecule has 0 saturated heterocycles. The summed E-state index contributed by atoms with van der Waals surface area (Å²) in [6.45, 7) is 9.15. The summed E-state index contributed by atoms with van der Waals surface area (Å²) in [6, 6.07) is 65.0. The Morgan fingerprint density at radius 2 is 0.717 bits per heavy atom. The number of nitriles is 2. The molecule has 0 aliphatic heterocycles. The Hall–Kier alpha value is -7.66. The van der Waals surface area contributed by atoms with Gasteiger partial charge in [0.25, 0.3) is 0 Å². The summed E-state index contributed by atoms with van der Waals surface area (Å²) < 4.78 is 0. The van der Waals surface area contributed by atoms with Gasteiger partial charge in [-0.05, 0) is 151 Å². The summed E-state index contributed by atoms with van der Waals surface area (Å²) in [5.74, 6) is 0.481. The minimum absolute atomic E-state index is 0.240. The first-order valence-corrected chi connectivity index (χ1v) is 20.7. The van der Waals surface area contributed by atoms with Crippen LogP contribution in [-0.4, -0.2) is 0 Å². The minimum atomic E-state index is 0.240. The number of anilines is 6. The van der Waals surface area contributed by atoms with Crippen molar-refractivity contribution < 1.29 is 0 Å². The Balaban J connectivity index is 1.32. The maximum Gasteiger partial charge on any atom is 0.0991 e. The summed E-state index contributed by atoms with van der Waals surface area (Å²) in [5.41, 5.74) is 10.1. The largest absolute Gasteiger partial charge is 0.310 e. The van der Waals surface area contributed by atoms with E-state index < -0.39 is 0 Å². The summed E-state index contributed by atoms with van der Waals surface area (Å²) >= 11 is 0. The lowest BCUT2D eigenvalue weighted by Crippen LogP contribution is -2.13. The third kappa shape index (κ3) is 6.05. The first kappa shape index (κ1) is 36.7. The SMILES string of the molecule is CC(C)c1cc(N(c2ccc(C#N)cc2)c2ccc3ccccc3c2)c2ccc3c(C(C)C)cc(N(c4ccc(C#N)cc4)c4ccc5ccccc5c4)c4ccc1c2c34. The van der Waals surface area contributed by atoms with Crippen LogP contribution in [0.2, 0.25) is 0 Å². The van der Waals surface area contributed by atoms with E-state index >= 15 is 0 Å². The fourth-order valence-electron chi connectivity index (χ4n) is 9.19. The van der Waals surface area contributed by atoms with Crippen molar-refractivity contribution in [2.24, 2.45) is 0 Å². The van der Waals surface area contributed by atoms with E-state index in [9.17, 15) is 10.5 Å². The first-order chi connectivity index (χ1) is 29.3. The Labute approximate surface area is 350 Å². The van der Waals surface area contributed by atoms with Crippen molar-refractivity contribution in [1.82, 2.24) is 0 Å². The average molecular weight is 771 g/mol. The van der Waals surface area contributed by atoms with Crippen molar-refractivity contribution >= 4 is 88.0 Å². The number of benzene rings is 10. The monoisotopic (exact) mass is 770 g/mol. The number of hydrogen-bond donors (Lipinski definition) is 0. The normalized spacial score (nSPS) is 11.6. The topological polar surface area (TPSA) is 54.1 Å². The van der Waals surface area contributed by atoms with Gasteiger partial charge in [0.15, 0.2) is 0 Å². The predicted molar refractivity (Wildman–Crippen MR) is 252 cm³/mol. The van der Waals surface area contributed by atoms with Crippen molar-refractivity contribution in [2.75, 3.05) is 9.80 Å². The van der Waals surface area contributed by atoms with Gasteiger partial charge in [0.05, 0.1) is 34.6 Å². The Morgan fingerprint density at radius 1 is 0.367 bits per heavy atom. The molecular formula is C56H42N4. The quantitative estimate of drug-likeness (QED) is 0.144. The van der Waals surface area contributed by atoms with Crippen LogP contribution >= 0.6 is 0 Å². The molecule has 0 saturated carbocycles. The third-order valence-corrected chi connectivity index (χ3v) is 12.1. The van der Waals surface area contributed by atoms with Crippen LogP contribution in [0, 0.1) is 22.7 Å². The zero-order valence-electron chi connectivity index (χ0n) is 34.1. The molecule has 10 aromatic rings. The second-order valence-electron chi connectivity index (χ2n) is 16.4. The van der Waals surface area contributed by atoms with Gasteiger partial charge in [-0.2, -0.15) is 10.5 Å². The van der Waals surface area contributed by atoms with Crippen LogP contribution in [0.15, 0.2) is 170 Å². The fourth-order valence-corrected chi connectivity index (χ4v) is 9.19. The molecule has 0 heterocycles. The molecular weight excluding hydrogens is 729 g/mol. The molecule has 0 bridgehead atoms. The van der Waals surface area contributed by atoms with Gasteiger partial charge in [-0.3, -0.25) is 0 Å². The van der Waals surface area contributed by atoms with E-state index in [2.05, 4.69) is 195 Å². The number of rotatable bonds is 8. The molecule has 286 valence electrons. The molecule has 60 heavy (non-hydrogen) atoms. The molecule has 0 fully saturated rings. The summed E-state index contributed by atoms with van der Waals surface area (Å²) in [7, 11) is 0. The molecule has 0 aliphatic carbocycles. The van der Waals surface area contributed by atoms with Gasteiger partial charge in [-0.15, -0.1) is 0 Å². The van der Waals surface area contributed by atoms with E-state index in [1.165, 1.54) is 54.2 Å². The maximum atomic E-state index is 9.77. The summed E-state index contributed by atoms with van der Waals surface area (Å²) in [5, 5.41) is 31.6. The van der Waals surface area contributed by atoms with Gasteiger partial charge in [0.1, 0.15) is 0 Å². The van der Waals surface area contributed by atoms with Crippen LogP contribution in [0.3, 0.4) is 0 Å². The zero-order valence-corrected chi connectivity index (χ0v) is 34.1. The fraction of sp³-hybridized carbons (Fsp3) is 0.107.